The standard InChI is InChI=1S/C23H33N5/c1-7-8-11-19(23(25-4)27(5)6)13-14-20-16-18(3)22(24)28(26-20)21-12-9-10-17(2)15-21/h8-13,15H,7,14,16,24H2,1-6H3/b11-8+,19-13-,25-23?. The van der Waals surface area contributed by atoms with Gasteiger partial charge in [0.25, 0.3) is 0 Å². The molecule has 2 rings (SSSR count). The predicted molar refractivity (Wildman–Crippen MR) is 122 cm³/mol. The highest BCUT2D eigenvalue weighted by Gasteiger charge is 2.19. The maximum atomic E-state index is 6.34. The monoisotopic (exact) mass is 379 g/mol. The topological polar surface area (TPSA) is 57.2 Å². The highest BCUT2D eigenvalue weighted by Crippen LogP contribution is 2.26. The molecule has 1 aromatic carbocycles. The van der Waals surface area contributed by atoms with Crippen molar-refractivity contribution in [1.29, 1.82) is 0 Å². The maximum absolute atomic E-state index is 6.34. The van der Waals surface area contributed by atoms with Gasteiger partial charge in [0, 0.05) is 45.3 Å². The number of anilines is 1. The second kappa shape index (κ2) is 9.93. The number of nitrogens with two attached hydrogens (primary N) is 1. The van der Waals surface area contributed by atoms with Crippen LogP contribution in [0, 0.1) is 6.92 Å². The predicted octanol–water partition coefficient (Wildman–Crippen LogP) is 4.62. The zero-order valence-corrected chi connectivity index (χ0v) is 18.0. The lowest BCUT2D eigenvalue weighted by Crippen LogP contribution is -2.29. The Labute approximate surface area is 169 Å². The van der Waals surface area contributed by atoms with Gasteiger partial charge in [-0.2, -0.15) is 5.10 Å². The summed E-state index contributed by atoms with van der Waals surface area (Å²) in [5, 5.41) is 6.71. The van der Waals surface area contributed by atoms with Crippen molar-refractivity contribution in [3.63, 3.8) is 0 Å². The third-order valence-electron chi connectivity index (χ3n) is 4.61. The molecule has 5 nitrogen and oxygen atoms in total. The zero-order chi connectivity index (χ0) is 20.7. The van der Waals surface area contributed by atoms with E-state index < -0.39 is 0 Å². The van der Waals surface area contributed by atoms with Crippen molar-refractivity contribution in [1.82, 2.24) is 4.90 Å². The van der Waals surface area contributed by atoms with E-state index in [1.807, 2.05) is 43.2 Å². The van der Waals surface area contributed by atoms with Crippen LogP contribution in [0.5, 0.6) is 0 Å². The van der Waals surface area contributed by atoms with Crippen molar-refractivity contribution in [2.75, 3.05) is 26.2 Å². The van der Waals surface area contributed by atoms with Crippen molar-refractivity contribution in [3.8, 4) is 0 Å². The van der Waals surface area contributed by atoms with E-state index in [1.54, 1.807) is 0 Å². The van der Waals surface area contributed by atoms with Crippen LogP contribution in [0.4, 0.5) is 5.69 Å². The van der Waals surface area contributed by atoms with Crippen LogP contribution < -0.4 is 10.7 Å². The van der Waals surface area contributed by atoms with Gasteiger partial charge in [-0.05, 0) is 43.5 Å². The molecule has 0 spiro atoms. The summed E-state index contributed by atoms with van der Waals surface area (Å²) in [6.45, 7) is 6.29. The highest BCUT2D eigenvalue weighted by atomic mass is 15.5. The van der Waals surface area contributed by atoms with Crippen LogP contribution in [-0.2, 0) is 0 Å². The van der Waals surface area contributed by atoms with E-state index in [0.29, 0.717) is 5.82 Å². The lowest BCUT2D eigenvalue weighted by atomic mass is 10.0. The van der Waals surface area contributed by atoms with Gasteiger partial charge in [0.15, 0.2) is 0 Å². The van der Waals surface area contributed by atoms with Gasteiger partial charge < -0.3 is 10.6 Å². The first kappa shape index (κ1) is 21.5. The molecular weight excluding hydrogens is 346 g/mol. The Morgan fingerprint density at radius 1 is 1.32 bits per heavy atom. The molecule has 0 unspecified atom stereocenters. The fourth-order valence-corrected chi connectivity index (χ4v) is 3.17. The fourth-order valence-electron chi connectivity index (χ4n) is 3.17. The van der Waals surface area contributed by atoms with E-state index in [1.165, 1.54) is 5.56 Å². The molecule has 0 saturated heterocycles. The Balaban J connectivity index is 2.34. The van der Waals surface area contributed by atoms with E-state index in [9.17, 15) is 0 Å². The molecule has 2 N–H and O–H groups in total. The summed E-state index contributed by atoms with van der Waals surface area (Å²) in [6.07, 6.45) is 9.03. The number of aliphatic imine (C=N–C) groups is 1. The summed E-state index contributed by atoms with van der Waals surface area (Å²) in [4.78, 5) is 6.49. The van der Waals surface area contributed by atoms with Gasteiger partial charge >= 0.3 is 0 Å². The molecule has 0 aromatic heterocycles. The summed E-state index contributed by atoms with van der Waals surface area (Å²) < 4.78 is 0. The minimum Gasteiger partial charge on any atom is -0.384 e. The van der Waals surface area contributed by atoms with Gasteiger partial charge in [-0.25, -0.2) is 5.01 Å². The van der Waals surface area contributed by atoms with E-state index in [0.717, 1.165) is 47.6 Å². The molecule has 5 heteroatoms. The zero-order valence-electron chi connectivity index (χ0n) is 18.0. The van der Waals surface area contributed by atoms with Crippen molar-refractivity contribution in [2.45, 2.75) is 40.0 Å². The highest BCUT2D eigenvalue weighted by molar-refractivity contribution is 6.01. The average Bonchev–Trinajstić information content (AvgIpc) is 2.66. The SMILES string of the molecule is CC/C=C/C(=C/CC1=NN(c2cccc(C)c2)C(N)=C(C)C1)C(=NC)N(C)C. The van der Waals surface area contributed by atoms with Gasteiger partial charge in [0.2, 0.25) is 0 Å². The van der Waals surface area contributed by atoms with E-state index in [2.05, 4.69) is 56.1 Å². The van der Waals surface area contributed by atoms with Gasteiger partial charge in [-0.15, -0.1) is 0 Å². The van der Waals surface area contributed by atoms with Crippen molar-refractivity contribution in [2.24, 2.45) is 15.8 Å². The smallest absolute Gasteiger partial charge is 0.129 e. The molecular formula is C23H33N5. The summed E-state index contributed by atoms with van der Waals surface area (Å²) in [5.41, 5.74) is 11.9. The van der Waals surface area contributed by atoms with Crippen molar-refractivity contribution < 1.29 is 0 Å². The Morgan fingerprint density at radius 2 is 2.07 bits per heavy atom. The van der Waals surface area contributed by atoms with E-state index >= 15 is 0 Å². The summed E-state index contributed by atoms with van der Waals surface area (Å²) >= 11 is 0. The number of rotatable bonds is 6. The number of hydrogen-bond donors (Lipinski definition) is 1. The second-order valence-electron chi connectivity index (χ2n) is 7.28. The quantitative estimate of drug-likeness (QED) is 0.446. The van der Waals surface area contributed by atoms with Crippen LogP contribution in [0.2, 0.25) is 0 Å². The summed E-state index contributed by atoms with van der Waals surface area (Å²) in [5.74, 6) is 1.68. The molecule has 0 radical (unpaired) electrons. The van der Waals surface area contributed by atoms with E-state index in [4.69, 9.17) is 10.8 Å². The number of nitrogens with zero attached hydrogens (tertiary/aromatic N) is 4. The lowest BCUT2D eigenvalue weighted by Gasteiger charge is -2.27. The third kappa shape index (κ3) is 5.35. The first-order valence-corrected chi connectivity index (χ1v) is 9.76. The molecule has 1 aliphatic rings. The van der Waals surface area contributed by atoms with E-state index in [-0.39, 0.29) is 0 Å². The maximum Gasteiger partial charge on any atom is 0.129 e. The first-order chi connectivity index (χ1) is 13.4. The molecule has 0 fully saturated rings. The average molecular weight is 380 g/mol. The van der Waals surface area contributed by atoms with Crippen LogP contribution in [-0.4, -0.2) is 37.6 Å². The Hall–Kier alpha value is -2.82. The Kier molecular flexibility index (Phi) is 7.61. The lowest BCUT2D eigenvalue weighted by molar-refractivity contribution is 0.622. The molecule has 0 amide bonds. The van der Waals surface area contributed by atoms with Crippen LogP contribution in [0.3, 0.4) is 0 Å². The Bertz CT molecular complexity index is 840. The molecule has 28 heavy (non-hydrogen) atoms. The number of benzene rings is 1. The van der Waals surface area contributed by atoms with Crippen LogP contribution in [0.15, 0.2) is 69.6 Å². The number of allylic oxidation sites excluding steroid dienone is 3. The van der Waals surface area contributed by atoms with Crippen molar-refractivity contribution in [3.05, 3.63) is 65.0 Å². The van der Waals surface area contributed by atoms with Crippen LogP contribution in [0.1, 0.15) is 38.7 Å². The summed E-state index contributed by atoms with van der Waals surface area (Å²) in [7, 11) is 5.86. The van der Waals surface area contributed by atoms with Gasteiger partial charge in [-0.3, -0.25) is 4.99 Å². The molecule has 0 bridgehead atoms. The Morgan fingerprint density at radius 3 is 2.68 bits per heavy atom. The van der Waals surface area contributed by atoms with Gasteiger partial charge in [0.05, 0.1) is 5.69 Å². The normalized spacial score (nSPS) is 16.1. The van der Waals surface area contributed by atoms with Crippen LogP contribution >= 0.6 is 0 Å². The second-order valence-corrected chi connectivity index (χ2v) is 7.28. The molecule has 1 heterocycles. The first-order valence-electron chi connectivity index (χ1n) is 9.76. The number of likely N-dealkylation sites (N-methyl/N-ethyl adjacent to an activating group) is 1. The molecule has 150 valence electrons. The molecule has 1 aromatic rings. The molecule has 0 aliphatic carbocycles. The number of amidine groups is 1. The minimum atomic E-state index is 0.716. The molecule has 0 saturated carbocycles. The number of hydrogen-bond acceptors (Lipinski definition) is 4. The summed E-state index contributed by atoms with van der Waals surface area (Å²) in [6, 6.07) is 8.25. The largest absolute Gasteiger partial charge is 0.384 e. The molecule has 0 atom stereocenters. The fraction of sp³-hybridized carbons (Fsp3) is 0.391. The van der Waals surface area contributed by atoms with Crippen LogP contribution in [0.25, 0.3) is 0 Å². The van der Waals surface area contributed by atoms with Gasteiger partial charge in [-0.1, -0.05) is 37.3 Å². The van der Waals surface area contributed by atoms with Gasteiger partial charge in [0.1, 0.15) is 11.7 Å². The van der Waals surface area contributed by atoms with Crippen molar-refractivity contribution >= 4 is 17.2 Å². The number of aryl methyl sites for hydroxylation is 1. The number of hydrazone groups is 1. The molecule has 1 aliphatic heterocycles. The minimum absolute atomic E-state index is 0.716. The third-order valence-corrected chi connectivity index (χ3v) is 4.61.